The molecule has 1 aliphatic rings. The third-order valence-corrected chi connectivity index (χ3v) is 4.23. The normalized spacial score (nSPS) is 16.5. The Bertz CT molecular complexity index is 819. The quantitative estimate of drug-likeness (QED) is 0.544. The SMILES string of the molecule is CC(C)(C)OC(=O)c1ccc(C2C=CCC2)cc1Nc1ccc(F)cc1. The molecule has 0 spiro atoms. The predicted octanol–water partition coefficient (Wildman–Crippen LogP) is 5.96. The first-order valence-corrected chi connectivity index (χ1v) is 8.88. The molecule has 0 amide bonds. The molecule has 0 fully saturated rings. The molecule has 1 atom stereocenters. The van der Waals surface area contributed by atoms with Crippen molar-refractivity contribution in [3.63, 3.8) is 0 Å². The van der Waals surface area contributed by atoms with E-state index < -0.39 is 5.60 Å². The van der Waals surface area contributed by atoms with Gasteiger partial charge in [0, 0.05) is 11.6 Å². The number of carbonyl (C=O) groups is 1. The molecule has 26 heavy (non-hydrogen) atoms. The van der Waals surface area contributed by atoms with Gasteiger partial charge in [-0.1, -0.05) is 18.2 Å². The minimum Gasteiger partial charge on any atom is -0.456 e. The first kappa shape index (κ1) is 18.2. The van der Waals surface area contributed by atoms with Crippen LogP contribution in [0.5, 0.6) is 0 Å². The van der Waals surface area contributed by atoms with E-state index in [0.29, 0.717) is 17.2 Å². The van der Waals surface area contributed by atoms with Gasteiger partial charge in [0.2, 0.25) is 0 Å². The summed E-state index contributed by atoms with van der Waals surface area (Å²) in [5.74, 6) is -0.320. The Morgan fingerprint density at radius 1 is 1.15 bits per heavy atom. The average Bonchev–Trinajstić information content (AvgIpc) is 3.10. The van der Waals surface area contributed by atoms with Crippen molar-refractivity contribution < 1.29 is 13.9 Å². The largest absolute Gasteiger partial charge is 0.456 e. The molecule has 0 aliphatic heterocycles. The summed E-state index contributed by atoms with van der Waals surface area (Å²) in [4.78, 5) is 12.6. The maximum absolute atomic E-state index is 13.2. The highest BCUT2D eigenvalue weighted by Crippen LogP contribution is 2.33. The topological polar surface area (TPSA) is 38.3 Å². The molecular formula is C22H24FNO2. The summed E-state index contributed by atoms with van der Waals surface area (Å²) in [5.41, 5.74) is 2.43. The fourth-order valence-corrected chi connectivity index (χ4v) is 3.01. The molecule has 4 heteroatoms. The number of halogens is 1. The van der Waals surface area contributed by atoms with Crippen LogP contribution in [0.25, 0.3) is 0 Å². The van der Waals surface area contributed by atoms with Crippen LogP contribution in [0.2, 0.25) is 0 Å². The van der Waals surface area contributed by atoms with Gasteiger partial charge in [0.25, 0.3) is 0 Å². The Kier molecular flexibility index (Phi) is 5.12. The second-order valence-corrected chi connectivity index (χ2v) is 7.55. The molecule has 0 bridgehead atoms. The Morgan fingerprint density at radius 2 is 1.88 bits per heavy atom. The molecule has 3 nitrogen and oxygen atoms in total. The zero-order valence-electron chi connectivity index (χ0n) is 15.4. The van der Waals surface area contributed by atoms with Crippen molar-refractivity contribution in [1.29, 1.82) is 0 Å². The van der Waals surface area contributed by atoms with E-state index in [1.54, 1.807) is 18.2 Å². The van der Waals surface area contributed by atoms with Crippen molar-refractivity contribution in [3.8, 4) is 0 Å². The molecule has 0 radical (unpaired) electrons. The third-order valence-electron chi connectivity index (χ3n) is 4.23. The maximum atomic E-state index is 13.2. The summed E-state index contributed by atoms with van der Waals surface area (Å²) in [7, 11) is 0. The highest BCUT2D eigenvalue weighted by Gasteiger charge is 2.22. The molecular weight excluding hydrogens is 329 g/mol. The Balaban J connectivity index is 1.95. The van der Waals surface area contributed by atoms with E-state index in [9.17, 15) is 9.18 Å². The highest BCUT2D eigenvalue weighted by atomic mass is 19.1. The van der Waals surface area contributed by atoms with Gasteiger partial charge in [-0.2, -0.15) is 0 Å². The lowest BCUT2D eigenvalue weighted by Crippen LogP contribution is -2.24. The van der Waals surface area contributed by atoms with Crippen LogP contribution in [-0.4, -0.2) is 11.6 Å². The summed E-state index contributed by atoms with van der Waals surface area (Å²) in [6, 6.07) is 11.9. The van der Waals surface area contributed by atoms with Crippen LogP contribution in [0.3, 0.4) is 0 Å². The van der Waals surface area contributed by atoms with E-state index in [0.717, 1.165) is 24.1 Å². The number of esters is 1. The van der Waals surface area contributed by atoms with Crippen molar-refractivity contribution in [3.05, 3.63) is 71.6 Å². The highest BCUT2D eigenvalue weighted by molar-refractivity contribution is 5.97. The molecule has 0 heterocycles. The van der Waals surface area contributed by atoms with Gasteiger partial charge in [-0.3, -0.25) is 0 Å². The van der Waals surface area contributed by atoms with Crippen molar-refractivity contribution in [2.75, 3.05) is 5.32 Å². The Labute approximate surface area is 153 Å². The number of hydrogen-bond donors (Lipinski definition) is 1. The minimum absolute atomic E-state index is 0.298. The van der Waals surface area contributed by atoms with E-state index >= 15 is 0 Å². The molecule has 1 unspecified atom stereocenters. The molecule has 0 saturated carbocycles. The van der Waals surface area contributed by atoms with Crippen LogP contribution in [0, 0.1) is 5.82 Å². The molecule has 3 rings (SSSR count). The number of benzene rings is 2. The van der Waals surface area contributed by atoms with Crippen LogP contribution in [0.1, 0.15) is 55.5 Å². The first-order valence-electron chi connectivity index (χ1n) is 8.88. The summed E-state index contributed by atoms with van der Waals surface area (Å²) < 4.78 is 18.7. The van der Waals surface area contributed by atoms with Crippen LogP contribution in [0.15, 0.2) is 54.6 Å². The van der Waals surface area contributed by atoms with Gasteiger partial charge in [-0.05, 0) is 75.6 Å². The van der Waals surface area contributed by atoms with Crippen LogP contribution in [0.4, 0.5) is 15.8 Å². The van der Waals surface area contributed by atoms with E-state index in [1.807, 2.05) is 32.9 Å². The second kappa shape index (κ2) is 7.32. The van der Waals surface area contributed by atoms with E-state index in [2.05, 4.69) is 17.5 Å². The van der Waals surface area contributed by atoms with Crippen LogP contribution in [-0.2, 0) is 4.74 Å². The number of carbonyl (C=O) groups excluding carboxylic acids is 1. The third kappa shape index (κ3) is 4.51. The monoisotopic (exact) mass is 353 g/mol. The molecule has 2 aromatic carbocycles. The van der Waals surface area contributed by atoms with Gasteiger partial charge >= 0.3 is 5.97 Å². The number of hydrogen-bond acceptors (Lipinski definition) is 3. The van der Waals surface area contributed by atoms with Crippen molar-refractivity contribution in [2.24, 2.45) is 0 Å². The van der Waals surface area contributed by atoms with Gasteiger partial charge in [0.1, 0.15) is 11.4 Å². The molecule has 0 aromatic heterocycles. The smallest absolute Gasteiger partial charge is 0.340 e. The second-order valence-electron chi connectivity index (χ2n) is 7.55. The summed E-state index contributed by atoms with van der Waals surface area (Å²) in [6.45, 7) is 5.53. The lowest BCUT2D eigenvalue weighted by molar-refractivity contribution is 0.00707. The minimum atomic E-state index is -0.572. The van der Waals surface area contributed by atoms with E-state index in [1.165, 1.54) is 12.1 Å². The van der Waals surface area contributed by atoms with Gasteiger partial charge in [0.15, 0.2) is 0 Å². The number of rotatable bonds is 4. The fraction of sp³-hybridized carbons (Fsp3) is 0.318. The van der Waals surface area contributed by atoms with Gasteiger partial charge in [-0.25, -0.2) is 9.18 Å². The predicted molar refractivity (Wildman–Crippen MR) is 102 cm³/mol. The van der Waals surface area contributed by atoms with Gasteiger partial charge < -0.3 is 10.1 Å². The number of anilines is 2. The summed E-state index contributed by atoms with van der Waals surface area (Å²) in [6.07, 6.45) is 6.52. The molecule has 2 aromatic rings. The van der Waals surface area contributed by atoms with Gasteiger partial charge in [-0.15, -0.1) is 0 Å². The zero-order valence-corrected chi connectivity index (χ0v) is 15.4. The van der Waals surface area contributed by atoms with Crippen molar-refractivity contribution >= 4 is 17.3 Å². The van der Waals surface area contributed by atoms with Crippen LogP contribution < -0.4 is 5.32 Å². The lowest BCUT2D eigenvalue weighted by Gasteiger charge is -2.21. The average molecular weight is 353 g/mol. The standard InChI is InChI=1S/C22H24FNO2/c1-22(2,3)26-21(25)19-13-8-16(15-6-4-5-7-15)14-20(19)24-18-11-9-17(23)10-12-18/h4,6,8-15,24H,5,7H2,1-3H3. The number of allylic oxidation sites excluding steroid dienone is 2. The number of ether oxygens (including phenoxy) is 1. The van der Waals surface area contributed by atoms with Gasteiger partial charge in [0.05, 0.1) is 11.3 Å². The number of nitrogens with one attached hydrogen (secondary N) is 1. The first-order chi connectivity index (χ1) is 12.3. The zero-order chi connectivity index (χ0) is 18.7. The summed E-state index contributed by atoms with van der Waals surface area (Å²) >= 11 is 0. The van der Waals surface area contributed by atoms with Crippen LogP contribution >= 0.6 is 0 Å². The Morgan fingerprint density at radius 3 is 2.50 bits per heavy atom. The molecule has 0 saturated heterocycles. The maximum Gasteiger partial charge on any atom is 0.340 e. The molecule has 136 valence electrons. The fourth-order valence-electron chi connectivity index (χ4n) is 3.01. The molecule has 1 aliphatic carbocycles. The van der Waals surface area contributed by atoms with Crippen molar-refractivity contribution in [2.45, 2.75) is 45.1 Å². The van der Waals surface area contributed by atoms with E-state index in [-0.39, 0.29) is 11.8 Å². The summed E-state index contributed by atoms with van der Waals surface area (Å²) in [5, 5.41) is 3.24. The molecule has 1 N–H and O–H groups in total. The Hall–Kier alpha value is -2.62. The van der Waals surface area contributed by atoms with Crippen molar-refractivity contribution in [1.82, 2.24) is 0 Å². The lowest BCUT2D eigenvalue weighted by atomic mass is 9.96. The van der Waals surface area contributed by atoms with E-state index in [4.69, 9.17) is 4.74 Å².